The van der Waals surface area contributed by atoms with Crippen molar-refractivity contribution in [1.82, 2.24) is 4.90 Å². The van der Waals surface area contributed by atoms with Crippen LogP contribution in [0.25, 0.3) is 0 Å². The Balaban J connectivity index is 2.16. The number of carbonyl (C=O) groups is 2. The fraction of sp³-hybridized carbons (Fsp3) is 0.800. The van der Waals surface area contributed by atoms with E-state index in [0.717, 1.165) is 25.7 Å². The summed E-state index contributed by atoms with van der Waals surface area (Å²) in [4.78, 5) is 24.0. The van der Waals surface area contributed by atoms with Gasteiger partial charge in [-0.15, -0.1) is 0 Å². The first-order valence-corrected chi connectivity index (χ1v) is 5.22. The van der Waals surface area contributed by atoms with E-state index in [2.05, 4.69) is 0 Å². The van der Waals surface area contributed by atoms with Crippen molar-refractivity contribution in [2.45, 2.75) is 38.1 Å². The van der Waals surface area contributed by atoms with Crippen LogP contribution in [0, 0.1) is 5.92 Å². The van der Waals surface area contributed by atoms with Gasteiger partial charge in [-0.25, -0.2) is 4.79 Å². The maximum absolute atomic E-state index is 11.6. The molecule has 2 fully saturated rings. The Bertz CT molecular complexity index is 262. The van der Waals surface area contributed by atoms with Crippen LogP contribution in [-0.4, -0.2) is 34.5 Å². The summed E-state index contributed by atoms with van der Waals surface area (Å²) in [6.45, 7) is 0.398. The maximum Gasteiger partial charge on any atom is 0.407 e. The van der Waals surface area contributed by atoms with Crippen LogP contribution in [0.4, 0.5) is 4.79 Å². The van der Waals surface area contributed by atoms with E-state index in [1.54, 1.807) is 0 Å². The van der Waals surface area contributed by atoms with Gasteiger partial charge in [0.15, 0.2) is 0 Å². The van der Waals surface area contributed by atoms with Crippen molar-refractivity contribution in [3.63, 3.8) is 0 Å². The number of Topliss-reactive ketones (excluding diaryl/α,β-unsaturated/α-hetero) is 1. The quantitative estimate of drug-likeness (QED) is 0.640. The second-order valence-electron chi connectivity index (χ2n) is 4.15. The van der Waals surface area contributed by atoms with Gasteiger partial charge < -0.3 is 10.0 Å². The molecule has 1 amide bonds. The number of carbonyl (C=O) groups excluding carboxylic acids is 1. The molecule has 1 heterocycles. The summed E-state index contributed by atoms with van der Waals surface area (Å²) in [5, 5.41) is 8.98. The summed E-state index contributed by atoms with van der Waals surface area (Å²) >= 11 is 0. The zero-order valence-electron chi connectivity index (χ0n) is 8.11. The highest BCUT2D eigenvalue weighted by molar-refractivity contribution is 5.84. The minimum absolute atomic E-state index is 0.00593. The smallest absolute Gasteiger partial charge is 0.407 e. The first kappa shape index (κ1) is 9.49. The number of hydrogen-bond donors (Lipinski definition) is 1. The summed E-state index contributed by atoms with van der Waals surface area (Å²) in [5.41, 5.74) is 0. The molecule has 2 rings (SSSR count). The molecule has 2 aliphatic rings. The Hall–Kier alpha value is -1.06. The van der Waals surface area contributed by atoms with Crippen LogP contribution in [0.3, 0.4) is 0 Å². The number of likely N-dealkylation sites (tertiary alicyclic amines) is 1. The molecule has 1 aliphatic carbocycles. The minimum atomic E-state index is -0.866. The average molecular weight is 197 g/mol. The Kier molecular flexibility index (Phi) is 2.44. The summed E-state index contributed by atoms with van der Waals surface area (Å²) in [5.74, 6) is 0.265. The molecule has 4 nitrogen and oxygen atoms in total. The molecule has 0 unspecified atom stereocenters. The van der Waals surface area contributed by atoms with Crippen LogP contribution in [0.5, 0.6) is 0 Å². The van der Waals surface area contributed by atoms with E-state index in [0.29, 0.717) is 13.0 Å². The molecule has 0 bridgehead atoms. The summed E-state index contributed by atoms with van der Waals surface area (Å²) in [6, 6.07) is -0.0255. The second kappa shape index (κ2) is 3.59. The zero-order valence-corrected chi connectivity index (χ0v) is 8.11. The lowest BCUT2D eigenvalue weighted by atomic mass is 9.78. The van der Waals surface area contributed by atoms with Gasteiger partial charge in [0.1, 0.15) is 5.78 Å². The predicted octanol–water partition coefficient (Wildman–Crippen LogP) is 1.50. The number of fused-ring (bicyclic) bond motifs is 1. The normalized spacial score (nSPS) is 32.6. The SMILES string of the molecule is O=C1CCN(C(=O)O)[C@H]2CCCC[C@@H]12. The van der Waals surface area contributed by atoms with Gasteiger partial charge >= 0.3 is 6.09 Å². The predicted molar refractivity (Wildman–Crippen MR) is 50.1 cm³/mol. The number of hydrogen-bond acceptors (Lipinski definition) is 2. The van der Waals surface area contributed by atoms with E-state index >= 15 is 0 Å². The van der Waals surface area contributed by atoms with Gasteiger partial charge in [0.2, 0.25) is 0 Å². The van der Waals surface area contributed by atoms with E-state index in [9.17, 15) is 9.59 Å². The highest BCUT2D eigenvalue weighted by atomic mass is 16.4. The first-order valence-electron chi connectivity index (χ1n) is 5.22. The average Bonchev–Trinajstić information content (AvgIpc) is 2.18. The number of ketones is 1. The molecular weight excluding hydrogens is 182 g/mol. The number of nitrogens with zero attached hydrogens (tertiary/aromatic N) is 1. The first-order chi connectivity index (χ1) is 6.70. The topological polar surface area (TPSA) is 57.6 Å². The molecule has 0 aromatic heterocycles. The van der Waals surface area contributed by atoms with Crippen LogP contribution in [-0.2, 0) is 4.79 Å². The van der Waals surface area contributed by atoms with Crippen LogP contribution in [0.15, 0.2) is 0 Å². The van der Waals surface area contributed by atoms with Crippen molar-refractivity contribution in [3.8, 4) is 0 Å². The lowest BCUT2D eigenvalue weighted by molar-refractivity contribution is -0.129. The van der Waals surface area contributed by atoms with Crippen LogP contribution < -0.4 is 0 Å². The summed E-state index contributed by atoms with van der Waals surface area (Å²) in [7, 11) is 0. The Morgan fingerprint density at radius 2 is 2.07 bits per heavy atom. The third-order valence-electron chi connectivity index (χ3n) is 3.39. The molecule has 14 heavy (non-hydrogen) atoms. The van der Waals surface area contributed by atoms with Crippen molar-refractivity contribution < 1.29 is 14.7 Å². The van der Waals surface area contributed by atoms with Gasteiger partial charge in [-0.05, 0) is 12.8 Å². The molecule has 0 aromatic carbocycles. The molecule has 78 valence electrons. The van der Waals surface area contributed by atoms with E-state index in [4.69, 9.17) is 5.11 Å². The van der Waals surface area contributed by atoms with Gasteiger partial charge in [0, 0.05) is 24.9 Å². The van der Waals surface area contributed by atoms with Crippen molar-refractivity contribution in [3.05, 3.63) is 0 Å². The highest BCUT2D eigenvalue weighted by Gasteiger charge is 2.40. The molecule has 1 saturated carbocycles. The van der Waals surface area contributed by atoms with Gasteiger partial charge in [0.05, 0.1) is 0 Å². The molecule has 2 atom stereocenters. The Morgan fingerprint density at radius 1 is 1.36 bits per heavy atom. The lowest BCUT2D eigenvalue weighted by Gasteiger charge is -2.41. The summed E-state index contributed by atoms with van der Waals surface area (Å²) in [6.07, 6.45) is 3.41. The van der Waals surface area contributed by atoms with Crippen LogP contribution in [0.2, 0.25) is 0 Å². The number of piperidine rings is 1. The monoisotopic (exact) mass is 197 g/mol. The van der Waals surface area contributed by atoms with Gasteiger partial charge in [-0.2, -0.15) is 0 Å². The van der Waals surface area contributed by atoms with Gasteiger partial charge in [-0.1, -0.05) is 12.8 Å². The van der Waals surface area contributed by atoms with E-state index in [1.165, 1.54) is 4.90 Å². The zero-order chi connectivity index (χ0) is 10.1. The van der Waals surface area contributed by atoms with Crippen molar-refractivity contribution in [2.24, 2.45) is 5.92 Å². The van der Waals surface area contributed by atoms with Crippen molar-refractivity contribution >= 4 is 11.9 Å². The standard InChI is InChI=1S/C10H15NO3/c12-9-5-6-11(10(13)14)8-4-2-1-3-7(8)9/h7-8H,1-6H2,(H,13,14)/t7-,8+/m1/s1. The van der Waals surface area contributed by atoms with Crippen molar-refractivity contribution in [1.29, 1.82) is 0 Å². The van der Waals surface area contributed by atoms with E-state index < -0.39 is 6.09 Å². The third kappa shape index (κ3) is 1.49. The number of rotatable bonds is 0. The highest BCUT2D eigenvalue weighted by Crippen LogP contribution is 2.33. The molecule has 1 aliphatic heterocycles. The molecule has 4 heteroatoms. The minimum Gasteiger partial charge on any atom is -0.465 e. The molecule has 0 radical (unpaired) electrons. The molecule has 0 spiro atoms. The largest absolute Gasteiger partial charge is 0.465 e. The van der Waals surface area contributed by atoms with Crippen LogP contribution in [0.1, 0.15) is 32.1 Å². The second-order valence-corrected chi connectivity index (χ2v) is 4.15. The molecule has 1 saturated heterocycles. The maximum atomic E-state index is 11.6. The molecule has 0 aromatic rings. The van der Waals surface area contributed by atoms with Crippen molar-refractivity contribution in [2.75, 3.05) is 6.54 Å². The molecular formula is C10H15NO3. The fourth-order valence-corrected chi connectivity index (χ4v) is 2.68. The lowest BCUT2D eigenvalue weighted by Crippen LogP contribution is -2.52. The van der Waals surface area contributed by atoms with E-state index in [-0.39, 0.29) is 17.7 Å². The number of carboxylic acid groups (broad SMARTS) is 1. The van der Waals surface area contributed by atoms with Gasteiger partial charge in [-0.3, -0.25) is 4.79 Å². The fourth-order valence-electron chi connectivity index (χ4n) is 2.68. The van der Waals surface area contributed by atoms with Gasteiger partial charge in [0.25, 0.3) is 0 Å². The Morgan fingerprint density at radius 3 is 2.79 bits per heavy atom. The summed E-state index contributed by atoms with van der Waals surface area (Å²) < 4.78 is 0. The number of amides is 1. The third-order valence-corrected chi connectivity index (χ3v) is 3.39. The molecule has 1 N–H and O–H groups in total. The van der Waals surface area contributed by atoms with Crippen LogP contribution >= 0.6 is 0 Å². The van der Waals surface area contributed by atoms with E-state index in [1.807, 2.05) is 0 Å². The Labute approximate surface area is 82.9 Å².